The first-order chi connectivity index (χ1) is 14.5. The third kappa shape index (κ3) is 4.60. The number of benzene rings is 2. The molecule has 1 aliphatic rings. The lowest BCUT2D eigenvalue weighted by atomic mass is 10.2. The van der Waals surface area contributed by atoms with Gasteiger partial charge in [-0.1, -0.05) is 52.8 Å². The van der Waals surface area contributed by atoms with E-state index < -0.39 is 6.04 Å². The molecule has 1 aliphatic heterocycles. The van der Waals surface area contributed by atoms with Crippen LogP contribution in [0.3, 0.4) is 0 Å². The highest BCUT2D eigenvalue weighted by molar-refractivity contribution is 7.18. The van der Waals surface area contributed by atoms with Gasteiger partial charge in [0.1, 0.15) is 11.0 Å². The lowest BCUT2D eigenvalue weighted by Gasteiger charge is -2.23. The van der Waals surface area contributed by atoms with E-state index in [0.29, 0.717) is 28.8 Å². The zero-order valence-corrected chi connectivity index (χ0v) is 17.8. The van der Waals surface area contributed by atoms with Crippen LogP contribution in [0.25, 0.3) is 10.6 Å². The van der Waals surface area contributed by atoms with E-state index in [1.807, 2.05) is 31.2 Å². The fourth-order valence-electron chi connectivity index (χ4n) is 3.29. The summed E-state index contributed by atoms with van der Waals surface area (Å²) in [4.78, 5) is 27.0. The minimum Gasteiger partial charge on any atom is -0.312 e. The Bertz CT molecular complexity index is 1050. The van der Waals surface area contributed by atoms with Gasteiger partial charge >= 0.3 is 6.03 Å². The van der Waals surface area contributed by atoms with Gasteiger partial charge in [0.25, 0.3) is 0 Å². The van der Waals surface area contributed by atoms with E-state index in [1.165, 1.54) is 11.3 Å². The highest BCUT2D eigenvalue weighted by Crippen LogP contribution is 2.28. The van der Waals surface area contributed by atoms with Gasteiger partial charge in [-0.3, -0.25) is 10.1 Å². The van der Waals surface area contributed by atoms with Crippen LogP contribution in [0.4, 0.5) is 15.6 Å². The van der Waals surface area contributed by atoms with E-state index in [4.69, 9.17) is 11.6 Å². The number of nitrogens with one attached hydrogen (secondary N) is 2. The Kier molecular flexibility index (Phi) is 5.96. The maximum atomic E-state index is 12.8. The Hall–Kier alpha value is -2.97. The molecule has 2 N–H and O–H groups in total. The van der Waals surface area contributed by atoms with Crippen molar-refractivity contribution in [3.63, 3.8) is 0 Å². The van der Waals surface area contributed by atoms with Crippen molar-refractivity contribution in [2.45, 2.75) is 25.8 Å². The Morgan fingerprint density at radius 1 is 1.07 bits per heavy atom. The summed E-state index contributed by atoms with van der Waals surface area (Å²) in [5.74, 6) is -0.259. The van der Waals surface area contributed by atoms with Gasteiger partial charge in [0.15, 0.2) is 0 Å². The average molecular weight is 442 g/mol. The first-order valence-electron chi connectivity index (χ1n) is 9.54. The second kappa shape index (κ2) is 8.81. The van der Waals surface area contributed by atoms with Gasteiger partial charge in [0.2, 0.25) is 11.0 Å². The number of aromatic nitrogens is 2. The SMILES string of the molecule is Cc1ccc(-c2nnc(NC(=O)C3CCCN3C(=O)Nc3ccc(Cl)cc3)s2)cc1. The maximum absolute atomic E-state index is 12.8. The van der Waals surface area contributed by atoms with Crippen LogP contribution < -0.4 is 10.6 Å². The fraction of sp³-hybridized carbons (Fsp3) is 0.238. The van der Waals surface area contributed by atoms with Gasteiger partial charge in [-0.25, -0.2) is 4.79 Å². The van der Waals surface area contributed by atoms with Crippen molar-refractivity contribution in [1.29, 1.82) is 0 Å². The summed E-state index contributed by atoms with van der Waals surface area (Å²) in [5.41, 5.74) is 2.74. The van der Waals surface area contributed by atoms with Crippen molar-refractivity contribution in [2.24, 2.45) is 0 Å². The molecule has 3 aromatic rings. The minimum absolute atomic E-state index is 0.259. The third-order valence-corrected chi connectivity index (χ3v) is 6.01. The number of urea groups is 1. The highest BCUT2D eigenvalue weighted by Gasteiger charge is 2.34. The third-order valence-electron chi connectivity index (χ3n) is 4.87. The van der Waals surface area contributed by atoms with Crippen molar-refractivity contribution in [3.8, 4) is 10.6 Å². The zero-order chi connectivity index (χ0) is 21.1. The van der Waals surface area contributed by atoms with E-state index in [9.17, 15) is 9.59 Å². The van der Waals surface area contributed by atoms with Gasteiger partial charge in [-0.15, -0.1) is 10.2 Å². The highest BCUT2D eigenvalue weighted by atomic mass is 35.5. The van der Waals surface area contributed by atoms with Crippen molar-refractivity contribution < 1.29 is 9.59 Å². The van der Waals surface area contributed by atoms with Crippen LogP contribution in [0.15, 0.2) is 48.5 Å². The molecule has 1 saturated heterocycles. The Balaban J connectivity index is 1.40. The van der Waals surface area contributed by atoms with Crippen LogP contribution in [-0.2, 0) is 4.79 Å². The second-order valence-electron chi connectivity index (χ2n) is 7.06. The van der Waals surface area contributed by atoms with Crippen LogP contribution in [0.1, 0.15) is 18.4 Å². The predicted octanol–water partition coefficient (Wildman–Crippen LogP) is 4.80. The number of rotatable bonds is 4. The van der Waals surface area contributed by atoms with Gasteiger partial charge in [0.05, 0.1) is 0 Å². The molecule has 154 valence electrons. The molecule has 4 rings (SSSR count). The average Bonchev–Trinajstić information content (AvgIpc) is 3.40. The Labute approximate surface area is 183 Å². The molecule has 1 unspecified atom stereocenters. The van der Waals surface area contributed by atoms with Crippen LogP contribution in [-0.4, -0.2) is 39.6 Å². The molecule has 0 bridgehead atoms. The summed E-state index contributed by atoms with van der Waals surface area (Å²) >= 11 is 7.19. The first-order valence-corrected chi connectivity index (χ1v) is 10.7. The summed E-state index contributed by atoms with van der Waals surface area (Å²) < 4.78 is 0. The lowest BCUT2D eigenvalue weighted by Crippen LogP contribution is -2.45. The summed E-state index contributed by atoms with van der Waals surface area (Å²) in [6.45, 7) is 2.54. The number of carbonyl (C=O) groups excluding carboxylic acids is 2. The molecule has 2 aromatic carbocycles. The van der Waals surface area contributed by atoms with Crippen molar-refractivity contribution in [3.05, 3.63) is 59.1 Å². The van der Waals surface area contributed by atoms with Gasteiger partial charge in [-0.05, 0) is 44.0 Å². The van der Waals surface area contributed by atoms with Crippen LogP contribution in [0.5, 0.6) is 0 Å². The summed E-state index contributed by atoms with van der Waals surface area (Å²) in [7, 11) is 0. The van der Waals surface area contributed by atoms with Crippen molar-refractivity contribution >= 4 is 45.7 Å². The molecular weight excluding hydrogens is 422 g/mol. The molecule has 0 spiro atoms. The molecule has 0 saturated carbocycles. The van der Waals surface area contributed by atoms with Crippen LogP contribution >= 0.6 is 22.9 Å². The molecule has 3 amide bonds. The Morgan fingerprint density at radius 2 is 1.80 bits per heavy atom. The van der Waals surface area contributed by atoms with Gasteiger partial charge in [0, 0.05) is 22.8 Å². The number of hydrogen-bond donors (Lipinski definition) is 2. The number of carbonyl (C=O) groups is 2. The normalized spacial score (nSPS) is 15.8. The summed E-state index contributed by atoms with van der Waals surface area (Å²) in [6, 6.07) is 13.9. The topological polar surface area (TPSA) is 87.2 Å². The quantitative estimate of drug-likeness (QED) is 0.608. The number of aryl methyl sites for hydroxylation is 1. The number of likely N-dealkylation sites (tertiary alicyclic amines) is 1. The van der Waals surface area contributed by atoms with Crippen LogP contribution in [0.2, 0.25) is 5.02 Å². The molecule has 2 heterocycles. The molecule has 7 nitrogen and oxygen atoms in total. The summed E-state index contributed by atoms with van der Waals surface area (Å²) in [5, 5.41) is 15.6. The monoisotopic (exact) mass is 441 g/mol. The fourth-order valence-corrected chi connectivity index (χ4v) is 4.16. The number of nitrogens with zero attached hydrogens (tertiary/aromatic N) is 3. The second-order valence-corrected chi connectivity index (χ2v) is 8.47. The number of amides is 3. The zero-order valence-electron chi connectivity index (χ0n) is 16.3. The molecular formula is C21H20ClN5O2S. The smallest absolute Gasteiger partial charge is 0.312 e. The number of hydrogen-bond acceptors (Lipinski definition) is 5. The molecule has 30 heavy (non-hydrogen) atoms. The van der Waals surface area contributed by atoms with Crippen molar-refractivity contribution in [1.82, 2.24) is 15.1 Å². The number of halogens is 1. The molecule has 0 radical (unpaired) electrons. The predicted molar refractivity (Wildman–Crippen MR) is 119 cm³/mol. The molecule has 0 aliphatic carbocycles. The van der Waals surface area contributed by atoms with E-state index in [-0.39, 0.29) is 11.9 Å². The molecule has 1 fully saturated rings. The van der Waals surface area contributed by atoms with E-state index in [1.54, 1.807) is 29.2 Å². The van der Waals surface area contributed by atoms with E-state index in [2.05, 4.69) is 20.8 Å². The van der Waals surface area contributed by atoms with Crippen molar-refractivity contribution in [2.75, 3.05) is 17.2 Å². The number of anilines is 2. The molecule has 1 atom stereocenters. The standard InChI is InChI=1S/C21H20ClN5O2S/c1-13-4-6-14(7-5-13)19-25-26-20(30-19)24-18(28)17-3-2-12-27(17)21(29)23-16-10-8-15(22)9-11-16/h4-11,17H,2-3,12H2,1H3,(H,23,29)(H,24,26,28). The Morgan fingerprint density at radius 3 is 2.53 bits per heavy atom. The minimum atomic E-state index is -0.552. The van der Waals surface area contributed by atoms with Crippen LogP contribution in [0, 0.1) is 6.92 Å². The first kappa shape index (κ1) is 20.3. The van der Waals surface area contributed by atoms with Gasteiger partial charge in [-0.2, -0.15) is 0 Å². The van der Waals surface area contributed by atoms with Gasteiger partial charge < -0.3 is 10.2 Å². The molecule has 1 aromatic heterocycles. The van der Waals surface area contributed by atoms with E-state index >= 15 is 0 Å². The summed E-state index contributed by atoms with van der Waals surface area (Å²) in [6.07, 6.45) is 1.36. The largest absolute Gasteiger partial charge is 0.322 e. The molecule has 9 heteroatoms. The lowest BCUT2D eigenvalue weighted by molar-refractivity contribution is -0.119. The maximum Gasteiger partial charge on any atom is 0.322 e. The van der Waals surface area contributed by atoms with E-state index in [0.717, 1.165) is 22.6 Å².